The van der Waals surface area contributed by atoms with Crippen molar-refractivity contribution < 1.29 is 31.1 Å². The molecule has 0 aliphatic heterocycles. The Morgan fingerprint density at radius 1 is 1.11 bits per heavy atom. The molecule has 0 aliphatic carbocycles. The molecule has 0 radical (unpaired) electrons. The second-order valence-corrected chi connectivity index (χ2v) is 4.53. The minimum Gasteiger partial charge on any atom is -0.398 e. The van der Waals surface area contributed by atoms with E-state index in [1.165, 1.54) is 18.2 Å². The molecule has 9 heteroatoms. The van der Waals surface area contributed by atoms with Crippen LogP contribution in [0.15, 0.2) is 22.7 Å². The zero-order valence-corrected chi connectivity index (χ0v) is 10.7. The third kappa shape index (κ3) is 4.57. The molecule has 1 aromatic rings. The van der Waals surface area contributed by atoms with Gasteiger partial charge in [0.25, 0.3) is 0 Å². The molecule has 108 valence electrons. The van der Waals surface area contributed by atoms with E-state index >= 15 is 0 Å². The first-order valence-corrected chi connectivity index (χ1v) is 5.60. The highest BCUT2D eigenvalue weighted by molar-refractivity contribution is 9.10. The van der Waals surface area contributed by atoms with Crippen LogP contribution in [0.3, 0.4) is 0 Å². The van der Waals surface area contributed by atoms with E-state index in [9.17, 15) is 26.3 Å². The van der Waals surface area contributed by atoms with E-state index in [2.05, 4.69) is 20.7 Å². The van der Waals surface area contributed by atoms with Gasteiger partial charge in [-0.25, -0.2) is 0 Å². The maximum Gasteiger partial charge on any atom is 0.423 e. The van der Waals surface area contributed by atoms with E-state index in [0.717, 1.165) is 0 Å². The van der Waals surface area contributed by atoms with Gasteiger partial charge in [-0.1, -0.05) is 22.0 Å². The number of rotatable bonds is 3. The Morgan fingerprint density at radius 3 is 2.05 bits per heavy atom. The Balaban J connectivity index is 2.83. The van der Waals surface area contributed by atoms with Crippen LogP contribution in [0.5, 0.6) is 0 Å². The number of anilines is 1. The molecule has 0 saturated carbocycles. The van der Waals surface area contributed by atoms with Crippen molar-refractivity contribution in [2.45, 2.75) is 25.1 Å². The molecule has 2 N–H and O–H groups in total. The molecule has 0 aliphatic rings. The van der Waals surface area contributed by atoms with Crippen LogP contribution in [0.4, 0.5) is 32.0 Å². The Morgan fingerprint density at radius 2 is 1.63 bits per heavy atom. The van der Waals surface area contributed by atoms with Gasteiger partial charge in [0.1, 0.15) is 0 Å². The highest BCUT2D eigenvalue weighted by Gasteiger charge is 2.57. The summed E-state index contributed by atoms with van der Waals surface area (Å²) in [5.41, 5.74) is 5.54. The molecule has 0 unspecified atom stereocenters. The largest absolute Gasteiger partial charge is 0.423 e. The quantitative estimate of drug-likeness (QED) is 0.658. The van der Waals surface area contributed by atoms with Crippen LogP contribution >= 0.6 is 15.9 Å². The molecule has 0 amide bonds. The van der Waals surface area contributed by atoms with Crippen LogP contribution in [-0.4, -0.2) is 18.5 Å². The Bertz CT molecular complexity index is 431. The molecule has 0 aromatic heterocycles. The lowest BCUT2D eigenvalue weighted by molar-refractivity contribution is -0.324. The van der Waals surface area contributed by atoms with Gasteiger partial charge in [0.15, 0.2) is 0 Å². The molecule has 0 saturated heterocycles. The minimum absolute atomic E-state index is 0.0393. The van der Waals surface area contributed by atoms with Gasteiger partial charge in [-0.15, -0.1) is 0 Å². The van der Waals surface area contributed by atoms with Crippen molar-refractivity contribution in [2.24, 2.45) is 0 Å². The van der Waals surface area contributed by atoms with Crippen LogP contribution in [-0.2, 0) is 11.3 Å². The van der Waals surface area contributed by atoms with Gasteiger partial charge >= 0.3 is 12.4 Å². The molecular formula is C10H8BrF6NO. The fourth-order valence-electron chi connectivity index (χ4n) is 1.24. The SMILES string of the molecule is Nc1cc(Br)ccc1COC(C(F)(F)F)C(F)(F)F. The maximum absolute atomic E-state index is 12.2. The van der Waals surface area contributed by atoms with Crippen molar-refractivity contribution in [1.29, 1.82) is 0 Å². The Hall–Kier alpha value is -0.960. The first kappa shape index (κ1) is 16.1. The lowest BCUT2D eigenvalue weighted by Crippen LogP contribution is -2.44. The number of nitrogens with two attached hydrogens (primary N) is 1. The number of benzene rings is 1. The standard InChI is InChI=1S/C10H8BrF6NO/c11-6-2-1-5(7(18)3-6)4-19-8(9(12,13)14)10(15,16)17/h1-3,8H,4,18H2. The second-order valence-electron chi connectivity index (χ2n) is 3.62. The fourth-order valence-corrected chi connectivity index (χ4v) is 1.62. The van der Waals surface area contributed by atoms with E-state index in [1.54, 1.807) is 0 Å². The zero-order valence-electron chi connectivity index (χ0n) is 9.15. The average molecular weight is 352 g/mol. The number of hydrogen-bond donors (Lipinski definition) is 1. The van der Waals surface area contributed by atoms with Gasteiger partial charge in [-0.05, 0) is 12.1 Å². The van der Waals surface area contributed by atoms with Crippen LogP contribution in [0, 0.1) is 0 Å². The van der Waals surface area contributed by atoms with Crippen molar-refractivity contribution >= 4 is 21.6 Å². The van der Waals surface area contributed by atoms with Crippen molar-refractivity contribution in [3.05, 3.63) is 28.2 Å². The summed E-state index contributed by atoms with van der Waals surface area (Å²) in [6.45, 7) is -0.886. The molecule has 0 heterocycles. The van der Waals surface area contributed by atoms with Crippen LogP contribution < -0.4 is 5.73 Å². The molecular weight excluding hydrogens is 344 g/mol. The normalized spacial score (nSPS) is 13.1. The summed E-state index contributed by atoms with van der Waals surface area (Å²) in [6.07, 6.45) is -14.9. The summed E-state index contributed by atoms with van der Waals surface area (Å²) in [6, 6.07) is 4.07. The van der Waals surface area contributed by atoms with Crippen molar-refractivity contribution in [3.63, 3.8) is 0 Å². The summed E-state index contributed by atoms with van der Waals surface area (Å²) in [5, 5.41) is 0. The zero-order chi connectivity index (χ0) is 14.8. The van der Waals surface area contributed by atoms with Gasteiger partial charge in [0, 0.05) is 15.7 Å². The van der Waals surface area contributed by atoms with Gasteiger partial charge < -0.3 is 10.5 Å². The lowest BCUT2D eigenvalue weighted by Gasteiger charge is -2.23. The molecule has 0 bridgehead atoms. The maximum atomic E-state index is 12.2. The summed E-state index contributed by atoms with van der Waals surface area (Å²) in [4.78, 5) is 0. The summed E-state index contributed by atoms with van der Waals surface area (Å²) in [5.74, 6) is 0. The van der Waals surface area contributed by atoms with Crippen LogP contribution in [0.1, 0.15) is 5.56 Å². The molecule has 1 rings (SSSR count). The smallest absolute Gasteiger partial charge is 0.398 e. The molecule has 2 nitrogen and oxygen atoms in total. The first-order chi connectivity index (χ1) is 8.51. The van der Waals surface area contributed by atoms with Gasteiger partial charge in [0.05, 0.1) is 6.61 Å². The first-order valence-electron chi connectivity index (χ1n) is 4.80. The van der Waals surface area contributed by atoms with Gasteiger partial charge in [0.2, 0.25) is 6.10 Å². The highest BCUT2D eigenvalue weighted by Crippen LogP contribution is 2.36. The number of nitrogen functional groups attached to an aromatic ring is 1. The fraction of sp³-hybridized carbons (Fsp3) is 0.400. The second kappa shape index (κ2) is 5.58. The van der Waals surface area contributed by atoms with E-state index in [0.29, 0.717) is 4.47 Å². The number of hydrogen-bond acceptors (Lipinski definition) is 2. The third-order valence-electron chi connectivity index (χ3n) is 2.11. The van der Waals surface area contributed by atoms with Crippen LogP contribution in [0.2, 0.25) is 0 Å². The monoisotopic (exact) mass is 351 g/mol. The Labute approximate surface area is 112 Å². The predicted molar refractivity (Wildman–Crippen MR) is 59.2 cm³/mol. The van der Waals surface area contributed by atoms with Gasteiger partial charge in [-0.2, -0.15) is 26.3 Å². The molecule has 0 atom stereocenters. The van der Waals surface area contributed by atoms with E-state index in [4.69, 9.17) is 5.73 Å². The van der Waals surface area contributed by atoms with E-state index in [1.807, 2.05) is 0 Å². The predicted octanol–water partition coefficient (Wildman–Crippen LogP) is 4.04. The summed E-state index contributed by atoms with van der Waals surface area (Å²) >= 11 is 3.06. The number of ether oxygens (including phenoxy) is 1. The van der Waals surface area contributed by atoms with Crippen molar-refractivity contribution in [2.75, 3.05) is 5.73 Å². The van der Waals surface area contributed by atoms with Crippen molar-refractivity contribution in [1.82, 2.24) is 0 Å². The van der Waals surface area contributed by atoms with E-state index < -0.39 is 25.1 Å². The third-order valence-corrected chi connectivity index (χ3v) is 2.60. The van der Waals surface area contributed by atoms with Gasteiger partial charge in [-0.3, -0.25) is 0 Å². The Kier molecular flexibility index (Phi) is 4.72. The molecule has 0 fully saturated rings. The topological polar surface area (TPSA) is 35.2 Å². The molecule has 0 spiro atoms. The molecule has 19 heavy (non-hydrogen) atoms. The highest BCUT2D eigenvalue weighted by atomic mass is 79.9. The summed E-state index contributed by atoms with van der Waals surface area (Å²) < 4.78 is 77.7. The average Bonchev–Trinajstić information content (AvgIpc) is 2.17. The number of alkyl halides is 6. The molecule has 1 aromatic carbocycles. The number of halogens is 7. The lowest BCUT2D eigenvalue weighted by atomic mass is 10.2. The van der Waals surface area contributed by atoms with Crippen molar-refractivity contribution in [3.8, 4) is 0 Å². The van der Waals surface area contributed by atoms with Crippen LogP contribution in [0.25, 0.3) is 0 Å². The van der Waals surface area contributed by atoms with E-state index in [-0.39, 0.29) is 11.3 Å². The summed E-state index contributed by atoms with van der Waals surface area (Å²) in [7, 11) is 0. The minimum atomic E-state index is -5.53.